The van der Waals surface area contributed by atoms with Crippen molar-refractivity contribution in [2.75, 3.05) is 18.0 Å². The number of amides is 4. The van der Waals surface area contributed by atoms with Crippen LogP contribution in [0.25, 0.3) is 5.69 Å². The van der Waals surface area contributed by atoms with Crippen LogP contribution in [0.1, 0.15) is 39.3 Å². The summed E-state index contributed by atoms with van der Waals surface area (Å²) in [4.78, 5) is 27.6. The van der Waals surface area contributed by atoms with Gasteiger partial charge in [-0.2, -0.15) is 13.5 Å². The fraction of sp³-hybridized carbons (Fsp3) is 0.320. The lowest BCUT2D eigenvalue weighted by atomic mass is 9.92. The van der Waals surface area contributed by atoms with Crippen molar-refractivity contribution in [1.29, 1.82) is 0 Å². The smallest absolute Gasteiger partial charge is 0.367 e. The maximum atomic E-state index is 12.6. The van der Waals surface area contributed by atoms with Crippen LogP contribution in [0.4, 0.5) is 21.1 Å². The zero-order valence-electron chi connectivity index (χ0n) is 21.2. The highest BCUT2D eigenvalue weighted by molar-refractivity contribution is 7.85. The van der Waals surface area contributed by atoms with E-state index in [1.807, 2.05) is 25.5 Å². The van der Waals surface area contributed by atoms with Gasteiger partial charge in [0, 0.05) is 35.7 Å². The molecule has 0 spiro atoms. The van der Waals surface area contributed by atoms with E-state index in [1.54, 1.807) is 42.5 Å². The van der Waals surface area contributed by atoms with Crippen LogP contribution in [0.5, 0.6) is 5.75 Å². The van der Waals surface area contributed by atoms with Gasteiger partial charge in [0.15, 0.2) is 0 Å². The molecule has 11 nitrogen and oxygen atoms in total. The van der Waals surface area contributed by atoms with Crippen LogP contribution < -0.4 is 19.5 Å². The molecule has 1 aromatic heterocycles. The highest BCUT2D eigenvalue weighted by atomic mass is 35.5. The number of anilines is 2. The molecule has 0 unspecified atom stereocenters. The first-order valence-corrected chi connectivity index (χ1v) is 13.7. The molecule has 0 aliphatic carbocycles. The number of urea groups is 2. The van der Waals surface area contributed by atoms with Crippen LogP contribution in [0, 0.1) is 0 Å². The largest absolute Gasteiger partial charge is 0.411 e. The Morgan fingerprint density at radius 1 is 1.08 bits per heavy atom. The molecule has 0 bridgehead atoms. The highest BCUT2D eigenvalue weighted by Crippen LogP contribution is 2.33. The number of primary amides is 1. The molecule has 0 atom stereocenters. The molecule has 1 fully saturated rings. The third-order valence-electron chi connectivity index (χ3n) is 5.87. The van der Waals surface area contributed by atoms with Crippen molar-refractivity contribution in [3.05, 3.63) is 65.3 Å². The average Bonchev–Trinajstić information content (AvgIpc) is 3.50. The summed E-state index contributed by atoms with van der Waals surface area (Å²) in [7, 11) is -4.44. The summed E-state index contributed by atoms with van der Waals surface area (Å²) < 4.78 is 33.7. The molecule has 3 aromatic rings. The molecule has 1 saturated heterocycles. The molecule has 3 N–H and O–H groups in total. The fourth-order valence-electron chi connectivity index (χ4n) is 3.96. The lowest BCUT2D eigenvalue weighted by Crippen LogP contribution is -2.42. The third kappa shape index (κ3) is 6.20. The van der Waals surface area contributed by atoms with E-state index in [2.05, 4.69) is 0 Å². The minimum atomic E-state index is -4.44. The van der Waals surface area contributed by atoms with Crippen molar-refractivity contribution in [3.63, 3.8) is 0 Å². The summed E-state index contributed by atoms with van der Waals surface area (Å²) in [5.41, 5.74) is 6.91. The second-order valence-corrected chi connectivity index (χ2v) is 11.6. The van der Waals surface area contributed by atoms with E-state index in [-0.39, 0.29) is 11.2 Å². The Hall–Kier alpha value is -3.77. The van der Waals surface area contributed by atoms with Crippen molar-refractivity contribution in [2.45, 2.75) is 39.0 Å². The zero-order valence-corrected chi connectivity index (χ0v) is 22.8. The molecule has 1 aliphatic rings. The number of nitrogens with zero attached hydrogens (tertiary/aromatic N) is 4. The van der Waals surface area contributed by atoms with E-state index in [0.29, 0.717) is 41.0 Å². The third-order valence-corrected chi connectivity index (χ3v) is 6.96. The number of carbonyl (C=O) groups excluding carboxylic acids is 2. The second kappa shape index (κ2) is 10.5. The van der Waals surface area contributed by atoms with Gasteiger partial charge in [-0.1, -0.05) is 38.4 Å². The molecule has 0 radical (unpaired) electrons. The summed E-state index contributed by atoms with van der Waals surface area (Å²) in [6, 6.07) is 12.9. The number of rotatable bonds is 6. The maximum Gasteiger partial charge on any atom is 0.411 e. The van der Waals surface area contributed by atoms with E-state index in [4.69, 9.17) is 26.6 Å². The monoisotopic (exact) mass is 560 g/mol. The minimum absolute atomic E-state index is 0.0555. The summed E-state index contributed by atoms with van der Waals surface area (Å²) in [6.07, 6.45) is 1.63. The normalized spacial score (nSPS) is 13.8. The van der Waals surface area contributed by atoms with Gasteiger partial charge in [0.1, 0.15) is 11.6 Å². The SMILES string of the molecule is CC(C)(C)c1cc(N(C(N)=O)c2ccc(Cl)cc2)n(-c2cccc(OS(=O)(=O)NC(=O)N3CCCC3)c2)n1. The topological polar surface area (TPSA) is 140 Å². The maximum absolute atomic E-state index is 12.6. The van der Waals surface area contributed by atoms with Gasteiger partial charge in [-0.05, 0) is 49.2 Å². The van der Waals surface area contributed by atoms with Crippen LogP contribution >= 0.6 is 11.6 Å². The van der Waals surface area contributed by atoms with Crippen molar-refractivity contribution >= 4 is 45.5 Å². The molecule has 38 heavy (non-hydrogen) atoms. The Labute approximate surface area is 226 Å². The van der Waals surface area contributed by atoms with Crippen LogP contribution in [-0.4, -0.2) is 48.2 Å². The Balaban J connectivity index is 1.71. The van der Waals surface area contributed by atoms with Crippen molar-refractivity contribution < 1.29 is 22.2 Å². The van der Waals surface area contributed by atoms with Crippen molar-refractivity contribution in [3.8, 4) is 11.4 Å². The summed E-state index contributed by atoms with van der Waals surface area (Å²) in [5.74, 6) is 0.271. The van der Waals surface area contributed by atoms with E-state index < -0.39 is 22.4 Å². The van der Waals surface area contributed by atoms with E-state index in [9.17, 15) is 18.0 Å². The molecular weight excluding hydrogens is 532 g/mol. The minimum Gasteiger partial charge on any atom is -0.367 e. The highest BCUT2D eigenvalue weighted by Gasteiger charge is 2.28. The lowest BCUT2D eigenvalue weighted by Gasteiger charge is -2.21. The molecule has 13 heteroatoms. The molecule has 2 aromatic carbocycles. The number of hydrogen-bond donors (Lipinski definition) is 2. The van der Waals surface area contributed by atoms with Crippen LogP contribution in [0.2, 0.25) is 5.02 Å². The molecule has 2 heterocycles. The van der Waals surface area contributed by atoms with Crippen LogP contribution in [0.3, 0.4) is 0 Å². The Morgan fingerprint density at radius 2 is 1.74 bits per heavy atom. The summed E-state index contributed by atoms with van der Waals surface area (Å²) in [6.45, 7) is 6.87. The van der Waals surface area contributed by atoms with Gasteiger partial charge >= 0.3 is 22.4 Å². The molecule has 0 saturated carbocycles. The standard InChI is InChI=1S/C25H29ClN6O5S/c1-25(2,3)21-16-22(31(23(27)33)18-11-9-17(26)10-12-18)32(28-21)19-7-6-8-20(15-19)37-38(35,36)29-24(34)30-13-4-5-14-30/h6-12,15-16H,4-5,13-14H2,1-3H3,(H2,27,33)(H,29,34). The number of hydrogen-bond acceptors (Lipinski definition) is 6. The number of nitrogens with two attached hydrogens (primary N) is 1. The van der Waals surface area contributed by atoms with Gasteiger partial charge in [0.05, 0.1) is 17.1 Å². The first-order valence-electron chi connectivity index (χ1n) is 11.9. The van der Waals surface area contributed by atoms with Gasteiger partial charge in [-0.15, -0.1) is 0 Å². The fourth-order valence-corrected chi connectivity index (χ4v) is 4.82. The van der Waals surface area contributed by atoms with Crippen molar-refractivity contribution in [2.24, 2.45) is 5.73 Å². The van der Waals surface area contributed by atoms with Gasteiger partial charge in [0.25, 0.3) is 0 Å². The molecular formula is C25H29ClN6O5S. The first kappa shape index (κ1) is 27.3. The van der Waals surface area contributed by atoms with Gasteiger partial charge < -0.3 is 14.8 Å². The lowest BCUT2D eigenvalue weighted by molar-refractivity contribution is 0.214. The first-order chi connectivity index (χ1) is 17.8. The Bertz CT molecular complexity index is 1440. The molecule has 4 amide bonds. The number of carbonyl (C=O) groups is 2. The molecule has 1 aliphatic heterocycles. The Morgan fingerprint density at radius 3 is 2.34 bits per heavy atom. The van der Waals surface area contributed by atoms with Crippen LogP contribution in [-0.2, 0) is 15.7 Å². The number of halogens is 1. The van der Waals surface area contributed by atoms with Gasteiger partial charge in [0.2, 0.25) is 0 Å². The van der Waals surface area contributed by atoms with E-state index in [0.717, 1.165) is 12.8 Å². The number of nitrogens with one attached hydrogen (secondary N) is 1. The predicted molar refractivity (Wildman–Crippen MR) is 144 cm³/mol. The summed E-state index contributed by atoms with van der Waals surface area (Å²) >= 11 is 6.03. The van der Waals surface area contributed by atoms with Crippen molar-refractivity contribution in [1.82, 2.24) is 19.4 Å². The van der Waals surface area contributed by atoms with Gasteiger partial charge in [-0.25, -0.2) is 23.9 Å². The predicted octanol–water partition coefficient (Wildman–Crippen LogP) is 4.47. The number of aromatic nitrogens is 2. The number of benzene rings is 2. The molecule has 4 rings (SSSR count). The molecule has 202 valence electrons. The quantitative estimate of drug-likeness (QED) is 0.456. The van der Waals surface area contributed by atoms with Gasteiger partial charge in [-0.3, -0.25) is 0 Å². The Kier molecular flexibility index (Phi) is 7.56. The van der Waals surface area contributed by atoms with Crippen LogP contribution in [0.15, 0.2) is 54.6 Å². The zero-order chi connectivity index (χ0) is 27.7. The van der Waals surface area contributed by atoms with E-state index >= 15 is 0 Å². The average molecular weight is 561 g/mol. The number of likely N-dealkylation sites (tertiary alicyclic amines) is 1. The second-order valence-electron chi connectivity index (χ2n) is 9.84. The van der Waals surface area contributed by atoms with E-state index in [1.165, 1.54) is 26.6 Å². The summed E-state index contributed by atoms with van der Waals surface area (Å²) in [5, 5.41) is 5.19.